The van der Waals surface area contributed by atoms with Crippen molar-refractivity contribution in [2.75, 3.05) is 14.2 Å². The molecular weight excluding hydrogens is 448 g/mol. The van der Waals surface area contributed by atoms with Crippen LogP contribution in [0, 0.1) is 0 Å². The van der Waals surface area contributed by atoms with Crippen molar-refractivity contribution >= 4 is 37.2 Å². The Labute approximate surface area is 189 Å². The molecule has 164 valence electrons. The summed E-state index contributed by atoms with van der Waals surface area (Å²) in [6.07, 6.45) is 3.42. The van der Waals surface area contributed by atoms with Crippen molar-refractivity contribution in [3.05, 3.63) is 77.4 Å². The second kappa shape index (κ2) is 8.97. The fraction of sp³-hybridized carbons (Fsp3) is 0.130. The number of pyridine rings is 1. The Morgan fingerprint density at radius 3 is 2.50 bits per heavy atom. The van der Waals surface area contributed by atoms with E-state index in [1.807, 2.05) is 12.1 Å². The molecule has 0 aliphatic carbocycles. The number of rotatable bonds is 7. The van der Waals surface area contributed by atoms with Gasteiger partial charge in [0.15, 0.2) is 0 Å². The predicted octanol–water partition coefficient (Wildman–Crippen LogP) is 4.08. The van der Waals surface area contributed by atoms with Crippen molar-refractivity contribution in [3.8, 4) is 11.5 Å². The minimum absolute atomic E-state index is 0.0566. The summed E-state index contributed by atoms with van der Waals surface area (Å²) in [6.45, 7) is 0.275. The first-order valence-electron chi connectivity index (χ1n) is 9.60. The van der Waals surface area contributed by atoms with E-state index in [0.29, 0.717) is 10.6 Å². The molecule has 0 spiro atoms. The summed E-state index contributed by atoms with van der Waals surface area (Å²) in [5.74, 6) is 0.520. The van der Waals surface area contributed by atoms with Crippen molar-refractivity contribution in [2.24, 2.45) is 0 Å². The highest BCUT2D eigenvalue weighted by Gasteiger charge is 2.22. The van der Waals surface area contributed by atoms with Crippen LogP contribution in [-0.4, -0.2) is 33.5 Å². The standard InChI is InChI=1S/C23H20N2O5S2/c1-29-17-5-8-22(19(12-17)30-2)32(27,28)18-6-3-15(4-7-18)13-25-23(26)20-11-16-9-10-24-14-21(16)31-20/h3-12,14H,13H2,1-2H3,(H,25,26). The van der Waals surface area contributed by atoms with Crippen LogP contribution in [0.4, 0.5) is 0 Å². The van der Waals surface area contributed by atoms with Gasteiger partial charge in [-0.1, -0.05) is 12.1 Å². The molecule has 9 heteroatoms. The number of amides is 1. The van der Waals surface area contributed by atoms with Crippen molar-refractivity contribution in [2.45, 2.75) is 16.3 Å². The molecular formula is C23H20N2O5S2. The van der Waals surface area contributed by atoms with E-state index in [1.54, 1.807) is 30.6 Å². The Balaban J connectivity index is 1.48. The number of fused-ring (bicyclic) bond motifs is 1. The van der Waals surface area contributed by atoms with Gasteiger partial charge in [0.1, 0.15) is 16.4 Å². The Bertz CT molecular complexity index is 1350. The molecule has 0 aliphatic heterocycles. The normalized spacial score (nSPS) is 11.3. The molecule has 2 aromatic carbocycles. The van der Waals surface area contributed by atoms with Gasteiger partial charge in [0.05, 0.1) is 28.7 Å². The van der Waals surface area contributed by atoms with Crippen LogP contribution in [0.15, 0.2) is 76.8 Å². The maximum Gasteiger partial charge on any atom is 0.261 e. The maximum atomic E-state index is 13.1. The zero-order valence-electron chi connectivity index (χ0n) is 17.4. The second-order valence-corrected chi connectivity index (χ2v) is 9.87. The highest BCUT2D eigenvalue weighted by atomic mass is 32.2. The van der Waals surface area contributed by atoms with Crippen LogP contribution in [0.1, 0.15) is 15.2 Å². The monoisotopic (exact) mass is 468 g/mol. The number of ether oxygens (including phenoxy) is 2. The highest BCUT2D eigenvalue weighted by molar-refractivity contribution is 7.91. The molecule has 2 aromatic heterocycles. The molecule has 1 amide bonds. The van der Waals surface area contributed by atoms with Gasteiger partial charge in [0, 0.05) is 25.0 Å². The number of aromatic nitrogens is 1. The average molecular weight is 469 g/mol. The molecule has 0 aliphatic rings. The third-order valence-electron chi connectivity index (χ3n) is 4.89. The number of hydrogen-bond donors (Lipinski definition) is 1. The number of thiophene rings is 1. The maximum absolute atomic E-state index is 13.1. The summed E-state index contributed by atoms with van der Waals surface area (Å²) in [5.41, 5.74) is 0.779. The lowest BCUT2D eigenvalue weighted by Gasteiger charge is -2.12. The molecule has 0 saturated heterocycles. The topological polar surface area (TPSA) is 94.6 Å². The summed E-state index contributed by atoms with van der Waals surface area (Å²) in [5, 5.41) is 3.84. The highest BCUT2D eigenvalue weighted by Crippen LogP contribution is 2.32. The molecule has 0 radical (unpaired) electrons. The molecule has 0 saturated carbocycles. The van der Waals surface area contributed by atoms with Crippen LogP contribution in [0.2, 0.25) is 0 Å². The Kier molecular flexibility index (Phi) is 6.11. The zero-order chi connectivity index (χ0) is 22.7. The molecule has 4 rings (SSSR count). The number of sulfone groups is 1. The molecule has 7 nitrogen and oxygen atoms in total. The number of benzene rings is 2. The van der Waals surface area contributed by atoms with E-state index in [9.17, 15) is 13.2 Å². The van der Waals surface area contributed by atoms with Gasteiger partial charge in [0.25, 0.3) is 5.91 Å². The van der Waals surface area contributed by atoms with E-state index in [1.165, 1.54) is 49.8 Å². The van der Waals surface area contributed by atoms with Gasteiger partial charge in [0.2, 0.25) is 9.84 Å². The van der Waals surface area contributed by atoms with Crippen LogP contribution in [-0.2, 0) is 16.4 Å². The van der Waals surface area contributed by atoms with Gasteiger partial charge in [-0.25, -0.2) is 8.42 Å². The van der Waals surface area contributed by atoms with Crippen LogP contribution in [0.3, 0.4) is 0 Å². The van der Waals surface area contributed by atoms with Gasteiger partial charge in [-0.05, 0) is 47.3 Å². The molecule has 2 heterocycles. The number of hydrogen-bond acceptors (Lipinski definition) is 7. The van der Waals surface area contributed by atoms with Crippen molar-refractivity contribution in [1.82, 2.24) is 10.3 Å². The van der Waals surface area contributed by atoms with Gasteiger partial charge < -0.3 is 14.8 Å². The van der Waals surface area contributed by atoms with Crippen LogP contribution < -0.4 is 14.8 Å². The smallest absolute Gasteiger partial charge is 0.261 e. The second-order valence-electron chi connectivity index (χ2n) is 6.87. The fourth-order valence-electron chi connectivity index (χ4n) is 3.18. The van der Waals surface area contributed by atoms with Gasteiger partial charge in [-0.3, -0.25) is 9.78 Å². The summed E-state index contributed by atoms with van der Waals surface area (Å²) in [4.78, 5) is 17.3. The Morgan fingerprint density at radius 2 is 1.81 bits per heavy atom. The number of carbonyl (C=O) groups excluding carboxylic acids is 1. The van der Waals surface area contributed by atoms with Crippen LogP contribution >= 0.6 is 11.3 Å². The minimum Gasteiger partial charge on any atom is -0.497 e. The molecule has 32 heavy (non-hydrogen) atoms. The van der Waals surface area contributed by atoms with Gasteiger partial charge in [-0.2, -0.15) is 0 Å². The number of carbonyl (C=O) groups is 1. The van der Waals surface area contributed by atoms with Gasteiger partial charge in [-0.15, -0.1) is 11.3 Å². The molecule has 0 unspecified atom stereocenters. The first-order valence-corrected chi connectivity index (χ1v) is 11.9. The summed E-state index contributed by atoms with van der Waals surface area (Å²) < 4.78 is 37.4. The van der Waals surface area contributed by atoms with E-state index >= 15 is 0 Å². The average Bonchev–Trinajstić information content (AvgIpc) is 3.27. The van der Waals surface area contributed by atoms with Gasteiger partial charge >= 0.3 is 0 Å². The predicted molar refractivity (Wildman–Crippen MR) is 122 cm³/mol. The lowest BCUT2D eigenvalue weighted by molar-refractivity contribution is 0.0955. The first kappa shape index (κ1) is 21.8. The van der Waals surface area contributed by atoms with Crippen molar-refractivity contribution in [3.63, 3.8) is 0 Å². The molecule has 0 bridgehead atoms. The van der Waals surface area contributed by atoms with Crippen LogP contribution in [0.25, 0.3) is 10.1 Å². The fourth-order valence-corrected chi connectivity index (χ4v) is 5.52. The molecule has 0 atom stereocenters. The van der Waals surface area contributed by atoms with Crippen molar-refractivity contribution < 1.29 is 22.7 Å². The molecule has 0 fully saturated rings. The van der Waals surface area contributed by atoms with E-state index < -0.39 is 9.84 Å². The van der Waals surface area contributed by atoms with E-state index in [-0.39, 0.29) is 28.0 Å². The van der Waals surface area contributed by atoms with E-state index in [0.717, 1.165) is 15.6 Å². The Morgan fingerprint density at radius 1 is 1.03 bits per heavy atom. The lowest BCUT2D eigenvalue weighted by atomic mass is 10.2. The summed E-state index contributed by atoms with van der Waals surface area (Å²) >= 11 is 1.38. The first-order chi connectivity index (χ1) is 15.4. The number of methoxy groups -OCH3 is 2. The van der Waals surface area contributed by atoms with E-state index in [2.05, 4.69) is 10.3 Å². The Hall–Kier alpha value is -3.43. The zero-order valence-corrected chi connectivity index (χ0v) is 19.0. The quantitative estimate of drug-likeness (QED) is 0.439. The number of nitrogens with zero attached hydrogens (tertiary/aromatic N) is 1. The summed E-state index contributed by atoms with van der Waals surface area (Å²) in [6, 6.07) is 14.6. The summed E-state index contributed by atoms with van der Waals surface area (Å²) in [7, 11) is -0.877. The third kappa shape index (κ3) is 4.30. The molecule has 4 aromatic rings. The minimum atomic E-state index is -3.78. The SMILES string of the molecule is COc1ccc(S(=O)(=O)c2ccc(CNC(=O)c3cc4ccncc4s3)cc2)c(OC)c1. The van der Waals surface area contributed by atoms with E-state index in [4.69, 9.17) is 9.47 Å². The molecule has 1 N–H and O–H groups in total. The van der Waals surface area contributed by atoms with Crippen molar-refractivity contribution in [1.29, 1.82) is 0 Å². The third-order valence-corrected chi connectivity index (χ3v) is 7.79. The largest absolute Gasteiger partial charge is 0.497 e. The van der Waals surface area contributed by atoms with Crippen LogP contribution in [0.5, 0.6) is 11.5 Å². The lowest BCUT2D eigenvalue weighted by Crippen LogP contribution is -2.21. The number of nitrogens with one attached hydrogen (secondary N) is 1.